The number of rotatable bonds is 3. The Bertz CT molecular complexity index is 495. The third-order valence-electron chi connectivity index (χ3n) is 4.26. The molecule has 1 aliphatic carbocycles. The molecule has 0 aromatic heterocycles. The summed E-state index contributed by atoms with van der Waals surface area (Å²) in [7, 11) is 1.90. The van der Waals surface area contributed by atoms with E-state index in [0.29, 0.717) is 23.8 Å². The summed E-state index contributed by atoms with van der Waals surface area (Å²) in [4.78, 5) is 14.5. The number of anilines is 1. The average molecular weight is 274 g/mol. The van der Waals surface area contributed by atoms with Gasteiger partial charge in [-0.25, -0.2) is 0 Å². The molecule has 0 unspecified atom stereocenters. The van der Waals surface area contributed by atoms with Gasteiger partial charge in [0.05, 0.1) is 11.3 Å². The summed E-state index contributed by atoms with van der Waals surface area (Å²) in [5.41, 5.74) is 1.60. The smallest absolute Gasteiger partial charge is 0.257 e. The third kappa shape index (κ3) is 2.60. The molecular weight excluding hydrogens is 252 g/mol. The summed E-state index contributed by atoms with van der Waals surface area (Å²) in [5, 5.41) is 3.27. The zero-order valence-corrected chi connectivity index (χ0v) is 12.0. The van der Waals surface area contributed by atoms with Crippen LogP contribution in [0.25, 0.3) is 0 Å². The number of nitrogens with zero attached hydrogens (tertiary/aromatic N) is 1. The summed E-state index contributed by atoms with van der Waals surface area (Å²) < 4.78 is 5.69. The summed E-state index contributed by atoms with van der Waals surface area (Å²) in [5.74, 6) is 1.45. The highest BCUT2D eigenvalue weighted by molar-refractivity contribution is 5.98. The minimum absolute atomic E-state index is 0.0671. The Morgan fingerprint density at radius 2 is 2.20 bits per heavy atom. The predicted octanol–water partition coefficient (Wildman–Crippen LogP) is 2.75. The molecule has 1 aromatic carbocycles. The van der Waals surface area contributed by atoms with E-state index < -0.39 is 0 Å². The van der Waals surface area contributed by atoms with Gasteiger partial charge in [0, 0.05) is 20.1 Å². The van der Waals surface area contributed by atoms with Gasteiger partial charge in [-0.05, 0) is 30.9 Å². The summed E-state index contributed by atoms with van der Waals surface area (Å²) >= 11 is 0. The van der Waals surface area contributed by atoms with Crippen LogP contribution in [-0.4, -0.2) is 37.6 Å². The number of para-hydroxylation sites is 1. The van der Waals surface area contributed by atoms with Gasteiger partial charge in [-0.15, -0.1) is 0 Å². The lowest BCUT2D eigenvalue weighted by Crippen LogP contribution is -2.32. The van der Waals surface area contributed by atoms with Gasteiger partial charge < -0.3 is 15.0 Å². The molecule has 1 N–H and O–H groups in total. The SMILES string of the molecule is CN(CC1CCCC1)C(=O)c1cccc2c1OCCN2. The van der Waals surface area contributed by atoms with Crippen LogP contribution in [0.4, 0.5) is 5.69 Å². The summed E-state index contributed by atoms with van der Waals surface area (Å²) in [6.07, 6.45) is 5.12. The Morgan fingerprint density at radius 3 is 3.00 bits per heavy atom. The van der Waals surface area contributed by atoms with Gasteiger partial charge >= 0.3 is 0 Å². The monoisotopic (exact) mass is 274 g/mol. The van der Waals surface area contributed by atoms with Crippen molar-refractivity contribution in [3.8, 4) is 5.75 Å². The van der Waals surface area contributed by atoms with Crippen molar-refractivity contribution in [3.63, 3.8) is 0 Å². The van der Waals surface area contributed by atoms with Gasteiger partial charge in [0.1, 0.15) is 6.61 Å². The van der Waals surface area contributed by atoms with E-state index in [0.717, 1.165) is 18.8 Å². The van der Waals surface area contributed by atoms with Crippen molar-refractivity contribution in [1.29, 1.82) is 0 Å². The number of nitrogens with one attached hydrogen (secondary N) is 1. The highest BCUT2D eigenvalue weighted by Crippen LogP contribution is 2.32. The fourth-order valence-electron chi connectivity index (χ4n) is 3.21. The predicted molar refractivity (Wildman–Crippen MR) is 79.3 cm³/mol. The lowest BCUT2D eigenvalue weighted by atomic mass is 10.1. The molecule has 1 fully saturated rings. The molecule has 1 aliphatic heterocycles. The number of amides is 1. The Hall–Kier alpha value is -1.71. The molecule has 1 aromatic rings. The number of hydrogen-bond donors (Lipinski definition) is 1. The molecule has 4 nitrogen and oxygen atoms in total. The van der Waals surface area contributed by atoms with Crippen LogP contribution in [-0.2, 0) is 0 Å². The summed E-state index contributed by atoms with van der Waals surface area (Å²) in [6.45, 7) is 2.27. The van der Waals surface area contributed by atoms with Crippen molar-refractivity contribution in [2.45, 2.75) is 25.7 Å². The standard InChI is InChI=1S/C16H22N2O2/c1-18(11-12-5-2-3-6-12)16(19)13-7-4-8-14-15(13)20-10-9-17-14/h4,7-8,12,17H,2-3,5-6,9-11H2,1H3. The molecule has 20 heavy (non-hydrogen) atoms. The maximum atomic E-state index is 12.6. The van der Waals surface area contributed by atoms with E-state index in [-0.39, 0.29) is 5.91 Å². The number of benzene rings is 1. The minimum Gasteiger partial charge on any atom is -0.489 e. The molecule has 1 heterocycles. The van der Waals surface area contributed by atoms with Crippen molar-refractivity contribution in [3.05, 3.63) is 23.8 Å². The quantitative estimate of drug-likeness (QED) is 0.921. The maximum Gasteiger partial charge on any atom is 0.257 e. The van der Waals surface area contributed by atoms with Gasteiger partial charge in [-0.3, -0.25) is 4.79 Å². The molecule has 0 bridgehead atoms. The molecule has 108 valence electrons. The second kappa shape index (κ2) is 5.73. The molecule has 4 heteroatoms. The fourth-order valence-corrected chi connectivity index (χ4v) is 3.21. The zero-order chi connectivity index (χ0) is 13.9. The minimum atomic E-state index is 0.0671. The number of fused-ring (bicyclic) bond motifs is 1. The van der Waals surface area contributed by atoms with Gasteiger partial charge in [0.25, 0.3) is 5.91 Å². The van der Waals surface area contributed by atoms with E-state index in [2.05, 4.69) is 5.32 Å². The van der Waals surface area contributed by atoms with Crippen LogP contribution in [0.5, 0.6) is 5.75 Å². The van der Waals surface area contributed by atoms with Crippen LogP contribution in [0, 0.1) is 5.92 Å². The van der Waals surface area contributed by atoms with Crippen molar-refractivity contribution < 1.29 is 9.53 Å². The van der Waals surface area contributed by atoms with E-state index in [1.54, 1.807) is 0 Å². The van der Waals surface area contributed by atoms with Crippen molar-refractivity contribution in [1.82, 2.24) is 4.90 Å². The molecule has 0 radical (unpaired) electrons. The Kier molecular flexibility index (Phi) is 3.81. The van der Waals surface area contributed by atoms with Gasteiger partial charge in [0.2, 0.25) is 0 Å². The molecule has 2 aliphatic rings. The lowest BCUT2D eigenvalue weighted by molar-refractivity contribution is 0.0769. The van der Waals surface area contributed by atoms with Crippen LogP contribution in [0.3, 0.4) is 0 Å². The van der Waals surface area contributed by atoms with Crippen LogP contribution in [0.1, 0.15) is 36.0 Å². The highest BCUT2D eigenvalue weighted by Gasteiger charge is 2.24. The zero-order valence-electron chi connectivity index (χ0n) is 12.0. The highest BCUT2D eigenvalue weighted by atomic mass is 16.5. The van der Waals surface area contributed by atoms with Crippen molar-refractivity contribution >= 4 is 11.6 Å². The van der Waals surface area contributed by atoms with E-state index >= 15 is 0 Å². The number of carbonyl (C=O) groups is 1. The van der Waals surface area contributed by atoms with Gasteiger partial charge in [-0.2, -0.15) is 0 Å². The van der Waals surface area contributed by atoms with E-state index in [1.807, 2.05) is 30.1 Å². The number of ether oxygens (including phenoxy) is 1. The first-order valence-corrected chi connectivity index (χ1v) is 7.51. The van der Waals surface area contributed by atoms with Gasteiger partial charge in [-0.1, -0.05) is 18.9 Å². The normalized spacial score (nSPS) is 18.1. The fraction of sp³-hybridized carbons (Fsp3) is 0.562. The first-order valence-electron chi connectivity index (χ1n) is 7.51. The van der Waals surface area contributed by atoms with Crippen LogP contribution >= 0.6 is 0 Å². The van der Waals surface area contributed by atoms with Gasteiger partial charge in [0.15, 0.2) is 5.75 Å². The van der Waals surface area contributed by atoms with Crippen LogP contribution in [0.15, 0.2) is 18.2 Å². The van der Waals surface area contributed by atoms with Crippen molar-refractivity contribution in [2.75, 3.05) is 32.1 Å². The van der Waals surface area contributed by atoms with Crippen molar-refractivity contribution in [2.24, 2.45) is 5.92 Å². The molecule has 0 spiro atoms. The second-order valence-corrected chi connectivity index (χ2v) is 5.79. The molecule has 0 saturated heterocycles. The van der Waals surface area contributed by atoms with E-state index in [1.165, 1.54) is 25.7 Å². The molecular formula is C16H22N2O2. The molecule has 0 atom stereocenters. The number of hydrogen-bond acceptors (Lipinski definition) is 3. The first-order chi connectivity index (χ1) is 9.75. The Morgan fingerprint density at radius 1 is 1.40 bits per heavy atom. The first kappa shape index (κ1) is 13.3. The molecule has 1 amide bonds. The van der Waals surface area contributed by atoms with E-state index in [9.17, 15) is 4.79 Å². The number of carbonyl (C=O) groups excluding carboxylic acids is 1. The molecule has 1 saturated carbocycles. The second-order valence-electron chi connectivity index (χ2n) is 5.79. The average Bonchev–Trinajstić information content (AvgIpc) is 2.99. The molecule has 3 rings (SSSR count). The summed E-state index contributed by atoms with van der Waals surface area (Å²) in [6, 6.07) is 5.73. The van der Waals surface area contributed by atoms with Crippen LogP contribution < -0.4 is 10.1 Å². The largest absolute Gasteiger partial charge is 0.489 e. The lowest BCUT2D eigenvalue weighted by Gasteiger charge is -2.25. The maximum absolute atomic E-state index is 12.6. The Labute approximate surface area is 120 Å². The Balaban J connectivity index is 1.76. The topological polar surface area (TPSA) is 41.6 Å². The van der Waals surface area contributed by atoms with E-state index in [4.69, 9.17) is 4.74 Å². The third-order valence-corrected chi connectivity index (χ3v) is 4.26. The van der Waals surface area contributed by atoms with Crippen LogP contribution in [0.2, 0.25) is 0 Å².